The van der Waals surface area contributed by atoms with Crippen molar-refractivity contribution in [3.8, 4) is 0 Å². The molecule has 0 saturated heterocycles. The van der Waals surface area contributed by atoms with Crippen molar-refractivity contribution in [2.45, 2.75) is 51.6 Å². The Labute approximate surface area is 112 Å². The Morgan fingerprint density at radius 2 is 2.11 bits per heavy atom. The van der Waals surface area contributed by atoms with Crippen molar-refractivity contribution < 1.29 is 9.90 Å². The summed E-state index contributed by atoms with van der Waals surface area (Å²) in [5.41, 5.74) is 1.35. The number of rotatable bonds is 4. The second-order valence-electron chi connectivity index (χ2n) is 5.24. The number of nitrogens with one attached hydrogen (secondary N) is 1. The fourth-order valence-electron chi connectivity index (χ4n) is 2.76. The normalized spacial score (nSPS) is 25.9. The molecule has 0 aromatic carbocycles. The number of hydrogen-bond donors (Lipinski definition) is 2. The molecular formula is C14H21NO2S. The van der Waals surface area contributed by atoms with Gasteiger partial charge in [-0.25, -0.2) is 0 Å². The van der Waals surface area contributed by atoms with Crippen molar-refractivity contribution in [2.24, 2.45) is 5.92 Å². The molecule has 1 fully saturated rings. The summed E-state index contributed by atoms with van der Waals surface area (Å²) in [6.45, 7) is 4.34. The smallest absolute Gasteiger partial charge is 0.306 e. The topological polar surface area (TPSA) is 49.3 Å². The Hall–Kier alpha value is -0.870. The van der Waals surface area contributed by atoms with Crippen LogP contribution in [0.25, 0.3) is 0 Å². The molecule has 3 nitrogen and oxygen atoms in total. The molecule has 1 atom stereocenters. The molecule has 100 valence electrons. The fourth-order valence-corrected chi connectivity index (χ4v) is 3.71. The van der Waals surface area contributed by atoms with E-state index >= 15 is 0 Å². The van der Waals surface area contributed by atoms with Crippen LogP contribution in [0.15, 0.2) is 11.4 Å². The Bertz CT molecular complexity index is 408. The van der Waals surface area contributed by atoms with Crippen molar-refractivity contribution >= 4 is 17.3 Å². The number of hydrogen-bond acceptors (Lipinski definition) is 3. The van der Waals surface area contributed by atoms with Gasteiger partial charge in [-0.15, -0.1) is 11.3 Å². The maximum atomic E-state index is 10.9. The zero-order valence-electron chi connectivity index (χ0n) is 11.0. The van der Waals surface area contributed by atoms with Crippen LogP contribution in [0.1, 0.15) is 49.1 Å². The molecule has 1 aliphatic rings. The predicted octanol–water partition coefficient (Wildman–Crippen LogP) is 3.35. The van der Waals surface area contributed by atoms with Crippen molar-refractivity contribution in [1.82, 2.24) is 5.32 Å². The third-order valence-corrected chi connectivity index (χ3v) is 5.06. The molecule has 2 N–H and O–H groups in total. The molecule has 18 heavy (non-hydrogen) atoms. The van der Waals surface area contributed by atoms with Gasteiger partial charge in [-0.2, -0.15) is 0 Å². The van der Waals surface area contributed by atoms with E-state index in [-0.39, 0.29) is 5.92 Å². The molecule has 0 amide bonds. The molecule has 2 rings (SSSR count). The molecule has 0 bridgehead atoms. The summed E-state index contributed by atoms with van der Waals surface area (Å²) in [6, 6.07) is 2.99. The van der Waals surface area contributed by atoms with Crippen LogP contribution in [0, 0.1) is 12.8 Å². The summed E-state index contributed by atoms with van der Waals surface area (Å²) in [4.78, 5) is 12.3. The van der Waals surface area contributed by atoms with E-state index in [1.165, 1.54) is 10.4 Å². The number of carboxylic acids is 1. The molecule has 4 heteroatoms. The standard InChI is InChI=1S/C14H21NO2S/c1-9-7-8-18-13(9)10(2)15-12-5-3-11(4-6-12)14(16)17/h7-8,10-12,15H,3-6H2,1-2H3,(H,16,17). The van der Waals surface area contributed by atoms with Gasteiger partial charge in [-0.1, -0.05) is 0 Å². The van der Waals surface area contributed by atoms with Crippen LogP contribution in [0.3, 0.4) is 0 Å². The Balaban J connectivity index is 1.85. The lowest BCUT2D eigenvalue weighted by Crippen LogP contribution is -2.36. The SMILES string of the molecule is Cc1ccsc1C(C)NC1CCC(C(=O)O)CC1. The van der Waals surface area contributed by atoms with Gasteiger partial charge >= 0.3 is 5.97 Å². The van der Waals surface area contributed by atoms with Crippen LogP contribution in [0.4, 0.5) is 0 Å². The van der Waals surface area contributed by atoms with E-state index in [9.17, 15) is 4.79 Å². The van der Waals surface area contributed by atoms with E-state index in [4.69, 9.17) is 5.11 Å². The van der Waals surface area contributed by atoms with Gasteiger partial charge in [-0.3, -0.25) is 4.79 Å². The quantitative estimate of drug-likeness (QED) is 0.879. The molecule has 0 spiro atoms. The number of carboxylic acid groups (broad SMARTS) is 1. The molecule has 1 aromatic rings. The minimum atomic E-state index is -0.629. The molecule has 1 heterocycles. The fraction of sp³-hybridized carbons (Fsp3) is 0.643. The highest BCUT2D eigenvalue weighted by Crippen LogP contribution is 2.28. The van der Waals surface area contributed by atoms with E-state index in [1.54, 1.807) is 11.3 Å². The van der Waals surface area contributed by atoms with Gasteiger partial charge in [0.2, 0.25) is 0 Å². The number of carbonyl (C=O) groups is 1. The van der Waals surface area contributed by atoms with Gasteiger partial charge in [0.1, 0.15) is 0 Å². The van der Waals surface area contributed by atoms with Gasteiger partial charge in [0.15, 0.2) is 0 Å². The third-order valence-electron chi connectivity index (χ3n) is 3.86. The molecule has 0 radical (unpaired) electrons. The maximum Gasteiger partial charge on any atom is 0.306 e. The number of aryl methyl sites for hydroxylation is 1. The Morgan fingerprint density at radius 1 is 1.44 bits per heavy atom. The van der Waals surface area contributed by atoms with E-state index in [2.05, 4.69) is 30.6 Å². The van der Waals surface area contributed by atoms with Gasteiger partial charge < -0.3 is 10.4 Å². The molecule has 1 saturated carbocycles. The van der Waals surface area contributed by atoms with Crippen LogP contribution in [0.2, 0.25) is 0 Å². The van der Waals surface area contributed by atoms with Crippen LogP contribution in [-0.2, 0) is 4.79 Å². The van der Waals surface area contributed by atoms with Gasteiger partial charge in [0, 0.05) is 17.0 Å². The van der Waals surface area contributed by atoms with Gasteiger partial charge in [0.05, 0.1) is 5.92 Å². The highest BCUT2D eigenvalue weighted by Gasteiger charge is 2.26. The monoisotopic (exact) mass is 267 g/mol. The van der Waals surface area contributed by atoms with E-state index in [0.717, 1.165) is 25.7 Å². The van der Waals surface area contributed by atoms with Crippen LogP contribution in [-0.4, -0.2) is 17.1 Å². The lowest BCUT2D eigenvalue weighted by molar-refractivity contribution is -0.142. The first-order valence-electron chi connectivity index (χ1n) is 6.60. The lowest BCUT2D eigenvalue weighted by atomic mass is 9.86. The lowest BCUT2D eigenvalue weighted by Gasteiger charge is -2.29. The first kappa shape index (κ1) is 13.6. The molecule has 1 unspecified atom stereocenters. The van der Waals surface area contributed by atoms with Crippen molar-refractivity contribution in [2.75, 3.05) is 0 Å². The number of aliphatic carboxylic acids is 1. The average Bonchev–Trinajstić information content (AvgIpc) is 2.76. The summed E-state index contributed by atoms with van der Waals surface area (Å²) >= 11 is 1.80. The summed E-state index contributed by atoms with van der Waals surface area (Å²) in [7, 11) is 0. The highest BCUT2D eigenvalue weighted by atomic mass is 32.1. The molecule has 0 aliphatic heterocycles. The van der Waals surface area contributed by atoms with Crippen LogP contribution >= 0.6 is 11.3 Å². The zero-order chi connectivity index (χ0) is 13.1. The Kier molecular flexibility index (Phi) is 4.40. The summed E-state index contributed by atoms with van der Waals surface area (Å²) in [5, 5.41) is 14.7. The maximum absolute atomic E-state index is 10.9. The van der Waals surface area contributed by atoms with Crippen molar-refractivity contribution in [3.63, 3.8) is 0 Å². The number of thiophene rings is 1. The second kappa shape index (κ2) is 5.85. The first-order chi connectivity index (χ1) is 8.58. The zero-order valence-corrected chi connectivity index (χ0v) is 11.8. The van der Waals surface area contributed by atoms with E-state index < -0.39 is 5.97 Å². The molecular weight excluding hydrogens is 246 g/mol. The molecule has 1 aromatic heterocycles. The van der Waals surface area contributed by atoms with Crippen LogP contribution < -0.4 is 5.32 Å². The van der Waals surface area contributed by atoms with Gasteiger partial charge in [-0.05, 0) is 56.5 Å². The summed E-state index contributed by atoms with van der Waals surface area (Å²) in [6.07, 6.45) is 3.57. The summed E-state index contributed by atoms with van der Waals surface area (Å²) < 4.78 is 0. The van der Waals surface area contributed by atoms with Gasteiger partial charge in [0.25, 0.3) is 0 Å². The minimum absolute atomic E-state index is 0.123. The predicted molar refractivity (Wildman–Crippen MR) is 74.0 cm³/mol. The highest BCUT2D eigenvalue weighted by molar-refractivity contribution is 7.10. The third kappa shape index (κ3) is 3.12. The minimum Gasteiger partial charge on any atom is -0.481 e. The first-order valence-corrected chi connectivity index (χ1v) is 7.48. The average molecular weight is 267 g/mol. The molecule has 1 aliphatic carbocycles. The second-order valence-corrected chi connectivity index (χ2v) is 6.19. The van der Waals surface area contributed by atoms with E-state index in [1.807, 2.05) is 0 Å². The summed E-state index contributed by atoms with van der Waals surface area (Å²) in [5.74, 6) is -0.752. The van der Waals surface area contributed by atoms with E-state index in [0.29, 0.717) is 12.1 Å². The van der Waals surface area contributed by atoms with Crippen LogP contribution in [0.5, 0.6) is 0 Å². The largest absolute Gasteiger partial charge is 0.481 e. The van der Waals surface area contributed by atoms with Crippen molar-refractivity contribution in [1.29, 1.82) is 0 Å². The van der Waals surface area contributed by atoms with Crippen molar-refractivity contribution in [3.05, 3.63) is 21.9 Å². The Morgan fingerprint density at radius 3 is 2.61 bits per heavy atom.